The molecule has 1 unspecified atom stereocenters. The zero-order valence-corrected chi connectivity index (χ0v) is 12.2. The minimum atomic E-state index is 0.267. The molecular formula is C16H17ClN2O. The number of hydrogen-bond acceptors (Lipinski definition) is 3. The maximum atomic E-state index is 5.81. The third-order valence-corrected chi connectivity index (χ3v) is 3.82. The summed E-state index contributed by atoms with van der Waals surface area (Å²) < 4.78 is 5.55. The maximum absolute atomic E-state index is 5.81. The van der Waals surface area contributed by atoms with E-state index in [0.717, 1.165) is 30.9 Å². The number of nitrogens with zero attached hydrogens (tertiary/aromatic N) is 1. The molecule has 2 heterocycles. The molecule has 20 heavy (non-hydrogen) atoms. The molecule has 2 aromatic rings. The molecule has 1 aliphatic heterocycles. The molecule has 1 aromatic carbocycles. The second-order valence-corrected chi connectivity index (χ2v) is 5.33. The molecule has 0 radical (unpaired) electrons. The van der Waals surface area contributed by atoms with Gasteiger partial charge in [0.1, 0.15) is 10.9 Å². The fourth-order valence-electron chi connectivity index (χ4n) is 2.51. The number of aromatic nitrogens is 1. The van der Waals surface area contributed by atoms with E-state index < -0.39 is 0 Å². The normalized spacial score (nSPS) is 14.5. The van der Waals surface area contributed by atoms with Gasteiger partial charge >= 0.3 is 0 Å². The highest BCUT2D eigenvalue weighted by Gasteiger charge is 2.16. The summed E-state index contributed by atoms with van der Waals surface area (Å²) in [6.07, 6.45) is 3.77. The lowest BCUT2D eigenvalue weighted by atomic mass is 10.0. The Labute approximate surface area is 123 Å². The van der Waals surface area contributed by atoms with Crippen molar-refractivity contribution in [2.24, 2.45) is 0 Å². The number of nitrogens with one attached hydrogen (secondary N) is 1. The maximum Gasteiger partial charge on any atom is 0.129 e. The summed E-state index contributed by atoms with van der Waals surface area (Å²) in [5, 5.41) is 4.01. The van der Waals surface area contributed by atoms with E-state index in [2.05, 4.69) is 35.4 Å². The van der Waals surface area contributed by atoms with E-state index in [1.807, 2.05) is 6.07 Å². The van der Waals surface area contributed by atoms with Crippen molar-refractivity contribution in [3.05, 3.63) is 52.8 Å². The molecule has 1 N–H and O–H groups in total. The average molecular weight is 289 g/mol. The lowest BCUT2D eigenvalue weighted by molar-refractivity contribution is 0.357. The van der Waals surface area contributed by atoms with Gasteiger partial charge in [-0.25, -0.2) is 4.98 Å². The number of fused-ring (bicyclic) bond motifs is 1. The predicted molar refractivity (Wildman–Crippen MR) is 81.5 cm³/mol. The molecule has 0 fully saturated rings. The van der Waals surface area contributed by atoms with E-state index in [1.54, 1.807) is 12.3 Å². The average Bonchev–Trinajstić information content (AvgIpc) is 2.94. The fraction of sp³-hybridized carbons (Fsp3) is 0.312. The summed E-state index contributed by atoms with van der Waals surface area (Å²) in [5.41, 5.74) is 3.57. The Bertz CT molecular complexity index is 598. The number of benzene rings is 1. The minimum absolute atomic E-state index is 0.267. The lowest BCUT2D eigenvalue weighted by Crippen LogP contribution is -2.10. The first kappa shape index (κ1) is 13.3. The molecule has 4 heteroatoms. The van der Waals surface area contributed by atoms with Crippen LogP contribution in [0.2, 0.25) is 5.15 Å². The molecule has 0 bridgehead atoms. The van der Waals surface area contributed by atoms with Crippen LogP contribution in [0.15, 0.2) is 36.5 Å². The van der Waals surface area contributed by atoms with Crippen molar-refractivity contribution in [3.63, 3.8) is 0 Å². The van der Waals surface area contributed by atoms with Crippen molar-refractivity contribution >= 4 is 17.3 Å². The summed E-state index contributed by atoms with van der Waals surface area (Å²) in [6.45, 7) is 2.97. The third-order valence-electron chi connectivity index (χ3n) is 3.59. The van der Waals surface area contributed by atoms with Gasteiger partial charge in [0, 0.05) is 6.42 Å². The number of pyridine rings is 1. The second-order valence-electron chi connectivity index (χ2n) is 4.94. The summed E-state index contributed by atoms with van der Waals surface area (Å²) in [7, 11) is 0. The van der Waals surface area contributed by atoms with Crippen LogP contribution >= 0.6 is 11.6 Å². The van der Waals surface area contributed by atoms with Crippen LogP contribution in [0, 0.1) is 0 Å². The Morgan fingerprint density at radius 2 is 2.25 bits per heavy atom. The Kier molecular flexibility index (Phi) is 3.79. The Morgan fingerprint density at radius 1 is 1.35 bits per heavy atom. The molecule has 3 nitrogen and oxygen atoms in total. The fourth-order valence-corrected chi connectivity index (χ4v) is 2.62. The van der Waals surface area contributed by atoms with E-state index in [-0.39, 0.29) is 6.04 Å². The molecule has 1 aromatic heterocycles. The highest BCUT2D eigenvalue weighted by Crippen LogP contribution is 2.30. The van der Waals surface area contributed by atoms with Gasteiger partial charge in [0.25, 0.3) is 0 Å². The smallest absolute Gasteiger partial charge is 0.129 e. The molecule has 0 saturated heterocycles. The molecule has 0 amide bonds. The van der Waals surface area contributed by atoms with Crippen molar-refractivity contribution in [2.45, 2.75) is 25.8 Å². The standard InChI is InChI=1S/C16H17ClN2O/c1-2-14(19-13-4-6-16(17)18-10-13)11-3-5-15-12(9-11)7-8-20-15/h3-6,9-10,14,19H,2,7-8H2,1H3. The summed E-state index contributed by atoms with van der Waals surface area (Å²) in [6, 6.07) is 10.5. The Balaban J connectivity index is 1.81. The van der Waals surface area contributed by atoms with E-state index in [4.69, 9.17) is 16.3 Å². The number of anilines is 1. The molecule has 104 valence electrons. The molecule has 0 saturated carbocycles. The lowest BCUT2D eigenvalue weighted by Gasteiger charge is -2.19. The number of hydrogen-bond donors (Lipinski definition) is 1. The van der Waals surface area contributed by atoms with Crippen LogP contribution in [0.4, 0.5) is 5.69 Å². The van der Waals surface area contributed by atoms with Gasteiger partial charge in [-0.05, 0) is 41.8 Å². The predicted octanol–water partition coefficient (Wildman–Crippen LogP) is 4.23. The van der Waals surface area contributed by atoms with Crippen LogP contribution < -0.4 is 10.1 Å². The highest BCUT2D eigenvalue weighted by atomic mass is 35.5. The first-order valence-corrected chi connectivity index (χ1v) is 7.28. The van der Waals surface area contributed by atoms with Crippen LogP contribution in [0.1, 0.15) is 30.5 Å². The SMILES string of the molecule is CCC(Nc1ccc(Cl)nc1)c1ccc2c(c1)CCO2. The van der Waals surface area contributed by atoms with Crippen molar-refractivity contribution in [1.29, 1.82) is 0 Å². The van der Waals surface area contributed by atoms with Crippen molar-refractivity contribution in [2.75, 3.05) is 11.9 Å². The zero-order valence-electron chi connectivity index (χ0n) is 11.4. The van der Waals surface area contributed by atoms with Crippen LogP contribution in [0.3, 0.4) is 0 Å². The van der Waals surface area contributed by atoms with Crippen molar-refractivity contribution < 1.29 is 4.74 Å². The van der Waals surface area contributed by atoms with Gasteiger partial charge in [-0.1, -0.05) is 24.6 Å². The molecule has 3 rings (SSSR count). The number of halogens is 1. The first-order valence-electron chi connectivity index (χ1n) is 6.90. The van der Waals surface area contributed by atoms with Crippen LogP contribution in [-0.2, 0) is 6.42 Å². The Hall–Kier alpha value is -1.74. The topological polar surface area (TPSA) is 34.2 Å². The van der Waals surface area contributed by atoms with E-state index >= 15 is 0 Å². The third kappa shape index (κ3) is 2.73. The van der Waals surface area contributed by atoms with Crippen LogP contribution in [0.5, 0.6) is 5.75 Å². The van der Waals surface area contributed by atoms with Crippen molar-refractivity contribution in [3.8, 4) is 5.75 Å². The number of ether oxygens (including phenoxy) is 1. The first-order chi connectivity index (χ1) is 9.76. The van der Waals surface area contributed by atoms with Crippen LogP contribution in [-0.4, -0.2) is 11.6 Å². The number of rotatable bonds is 4. The van der Waals surface area contributed by atoms with Crippen LogP contribution in [0.25, 0.3) is 0 Å². The van der Waals surface area contributed by atoms with E-state index in [9.17, 15) is 0 Å². The Morgan fingerprint density at radius 3 is 3.00 bits per heavy atom. The monoisotopic (exact) mass is 288 g/mol. The summed E-state index contributed by atoms with van der Waals surface area (Å²) in [5.74, 6) is 1.02. The van der Waals surface area contributed by atoms with E-state index in [1.165, 1.54) is 11.1 Å². The van der Waals surface area contributed by atoms with Gasteiger partial charge in [0.2, 0.25) is 0 Å². The van der Waals surface area contributed by atoms with Gasteiger partial charge in [0.05, 0.1) is 24.5 Å². The van der Waals surface area contributed by atoms with E-state index in [0.29, 0.717) is 5.15 Å². The minimum Gasteiger partial charge on any atom is -0.493 e. The molecule has 1 atom stereocenters. The quantitative estimate of drug-likeness (QED) is 0.855. The molecule has 1 aliphatic rings. The molecule has 0 aliphatic carbocycles. The summed E-state index contributed by atoms with van der Waals surface area (Å²) in [4.78, 5) is 4.10. The van der Waals surface area contributed by atoms with Gasteiger partial charge < -0.3 is 10.1 Å². The van der Waals surface area contributed by atoms with Gasteiger partial charge in [-0.15, -0.1) is 0 Å². The summed E-state index contributed by atoms with van der Waals surface area (Å²) >= 11 is 5.81. The molecular weight excluding hydrogens is 272 g/mol. The van der Waals surface area contributed by atoms with Crippen molar-refractivity contribution in [1.82, 2.24) is 4.98 Å². The largest absolute Gasteiger partial charge is 0.493 e. The zero-order chi connectivity index (χ0) is 13.9. The molecule has 0 spiro atoms. The second kappa shape index (κ2) is 5.71. The van der Waals surface area contributed by atoms with Gasteiger partial charge in [0.15, 0.2) is 0 Å². The van der Waals surface area contributed by atoms with Gasteiger partial charge in [-0.2, -0.15) is 0 Å². The van der Waals surface area contributed by atoms with Gasteiger partial charge in [-0.3, -0.25) is 0 Å². The highest BCUT2D eigenvalue weighted by molar-refractivity contribution is 6.29.